The van der Waals surface area contributed by atoms with Gasteiger partial charge in [0.05, 0.1) is 5.75 Å². The van der Waals surface area contributed by atoms with Gasteiger partial charge in [-0.2, -0.15) is 0 Å². The summed E-state index contributed by atoms with van der Waals surface area (Å²) < 4.78 is 1.95. The SMILES string of the molecule is Cc1nnc(SCC(=O)N(C)C2=CCCC2)n1CCN. The first-order chi connectivity index (χ1) is 9.63. The van der Waals surface area contributed by atoms with E-state index in [4.69, 9.17) is 5.73 Å². The fourth-order valence-electron chi connectivity index (χ4n) is 2.20. The van der Waals surface area contributed by atoms with Gasteiger partial charge in [-0.3, -0.25) is 4.79 Å². The lowest BCUT2D eigenvalue weighted by Gasteiger charge is -2.18. The van der Waals surface area contributed by atoms with Crippen LogP contribution in [0.3, 0.4) is 0 Å². The zero-order valence-electron chi connectivity index (χ0n) is 12.0. The molecule has 1 aliphatic carbocycles. The topological polar surface area (TPSA) is 77.0 Å². The number of aryl methyl sites for hydroxylation is 1. The standard InChI is InChI=1S/C13H21N5OS/c1-10-15-16-13(18(10)8-7-14)20-9-12(19)17(2)11-5-3-4-6-11/h5H,3-4,6-9,14H2,1-2H3. The third-order valence-corrected chi connectivity index (χ3v) is 4.35. The van der Waals surface area contributed by atoms with Crippen LogP contribution in [0.2, 0.25) is 0 Å². The highest BCUT2D eigenvalue weighted by atomic mass is 32.2. The third-order valence-electron chi connectivity index (χ3n) is 3.40. The van der Waals surface area contributed by atoms with Crippen LogP contribution in [0.1, 0.15) is 25.1 Å². The van der Waals surface area contributed by atoms with Gasteiger partial charge in [-0.1, -0.05) is 17.8 Å². The van der Waals surface area contributed by atoms with E-state index in [1.807, 2.05) is 18.5 Å². The lowest BCUT2D eigenvalue weighted by molar-refractivity contribution is -0.125. The number of thioether (sulfide) groups is 1. The normalized spacial score (nSPS) is 14.4. The molecule has 0 saturated heterocycles. The second-order valence-corrected chi connectivity index (χ2v) is 5.74. The second kappa shape index (κ2) is 6.90. The number of hydrogen-bond donors (Lipinski definition) is 1. The minimum Gasteiger partial charge on any atom is -0.329 e. The number of carbonyl (C=O) groups excluding carboxylic acids is 1. The van der Waals surface area contributed by atoms with E-state index in [1.54, 1.807) is 4.90 Å². The summed E-state index contributed by atoms with van der Waals surface area (Å²) in [4.78, 5) is 13.9. The summed E-state index contributed by atoms with van der Waals surface area (Å²) >= 11 is 1.42. The van der Waals surface area contributed by atoms with Gasteiger partial charge in [-0.25, -0.2) is 0 Å². The fraction of sp³-hybridized carbons (Fsp3) is 0.615. The summed E-state index contributed by atoms with van der Waals surface area (Å²) in [6.45, 7) is 3.10. The molecule has 1 aromatic heterocycles. The van der Waals surface area contributed by atoms with Crippen LogP contribution < -0.4 is 5.73 Å². The van der Waals surface area contributed by atoms with Gasteiger partial charge < -0.3 is 15.2 Å². The van der Waals surface area contributed by atoms with Crippen molar-refractivity contribution in [3.05, 3.63) is 17.6 Å². The molecular formula is C13H21N5OS. The van der Waals surface area contributed by atoms with Crippen LogP contribution in [0.25, 0.3) is 0 Å². The number of rotatable bonds is 6. The van der Waals surface area contributed by atoms with E-state index in [0.717, 1.165) is 35.9 Å². The van der Waals surface area contributed by atoms with E-state index in [-0.39, 0.29) is 5.91 Å². The third kappa shape index (κ3) is 3.40. The number of amides is 1. The van der Waals surface area contributed by atoms with Crippen LogP contribution in [0, 0.1) is 6.92 Å². The average Bonchev–Trinajstić information content (AvgIpc) is 3.08. The van der Waals surface area contributed by atoms with Crippen LogP contribution >= 0.6 is 11.8 Å². The predicted molar refractivity (Wildman–Crippen MR) is 79.2 cm³/mol. The van der Waals surface area contributed by atoms with Crippen LogP contribution in [0.5, 0.6) is 0 Å². The Balaban J connectivity index is 1.93. The molecule has 0 fully saturated rings. The largest absolute Gasteiger partial charge is 0.329 e. The number of allylic oxidation sites excluding steroid dienone is 2. The molecule has 2 N–H and O–H groups in total. The summed E-state index contributed by atoms with van der Waals surface area (Å²) in [5, 5.41) is 8.89. The van der Waals surface area contributed by atoms with Crippen molar-refractivity contribution in [2.45, 2.75) is 37.9 Å². The zero-order valence-corrected chi connectivity index (χ0v) is 12.8. The smallest absolute Gasteiger partial charge is 0.236 e. The summed E-state index contributed by atoms with van der Waals surface area (Å²) in [7, 11) is 1.84. The van der Waals surface area contributed by atoms with E-state index in [0.29, 0.717) is 18.8 Å². The molecule has 110 valence electrons. The molecule has 0 spiro atoms. The van der Waals surface area contributed by atoms with Crippen molar-refractivity contribution in [2.75, 3.05) is 19.3 Å². The van der Waals surface area contributed by atoms with Crippen molar-refractivity contribution in [2.24, 2.45) is 5.73 Å². The van der Waals surface area contributed by atoms with Crippen LogP contribution in [0.15, 0.2) is 16.9 Å². The Bertz CT molecular complexity index is 511. The lowest BCUT2D eigenvalue weighted by atomic mass is 10.3. The summed E-state index contributed by atoms with van der Waals surface area (Å²) in [6.07, 6.45) is 5.35. The molecule has 0 aliphatic heterocycles. The molecule has 2 rings (SSSR count). The number of hydrogen-bond acceptors (Lipinski definition) is 5. The molecule has 0 atom stereocenters. The minimum atomic E-state index is 0.100. The molecule has 0 radical (unpaired) electrons. The predicted octanol–water partition coefficient (Wildman–Crippen LogP) is 1.16. The van der Waals surface area contributed by atoms with Crippen molar-refractivity contribution in [1.29, 1.82) is 0 Å². The van der Waals surface area contributed by atoms with E-state index in [9.17, 15) is 4.79 Å². The van der Waals surface area contributed by atoms with E-state index >= 15 is 0 Å². The van der Waals surface area contributed by atoms with Crippen LogP contribution in [0.4, 0.5) is 0 Å². The Morgan fingerprint density at radius 3 is 3.00 bits per heavy atom. The molecule has 1 aliphatic rings. The molecule has 0 aromatic carbocycles. The summed E-state index contributed by atoms with van der Waals surface area (Å²) in [5.74, 6) is 1.30. The van der Waals surface area contributed by atoms with Crippen molar-refractivity contribution in [3.8, 4) is 0 Å². The Hall–Kier alpha value is -1.34. The molecule has 0 bridgehead atoms. The van der Waals surface area contributed by atoms with Gasteiger partial charge in [0.15, 0.2) is 5.16 Å². The van der Waals surface area contributed by atoms with Crippen LogP contribution in [-0.4, -0.2) is 44.9 Å². The highest BCUT2D eigenvalue weighted by Gasteiger charge is 2.17. The maximum Gasteiger partial charge on any atom is 0.236 e. The van der Waals surface area contributed by atoms with Gasteiger partial charge in [0, 0.05) is 25.8 Å². The van der Waals surface area contributed by atoms with Gasteiger partial charge in [-0.05, 0) is 26.2 Å². The molecule has 1 heterocycles. The van der Waals surface area contributed by atoms with Crippen molar-refractivity contribution in [3.63, 3.8) is 0 Å². The molecule has 6 nitrogen and oxygen atoms in total. The monoisotopic (exact) mass is 295 g/mol. The van der Waals surface area contributed by atoms with Crippen LogP contribution in [-0.2, 0) is 11.3 Å². The first-order valence-corrected chi connectivity index (χ1v) is 7.80. The molecule has 1 amide bonds. The van der Waals surface area contributed by atoms with E-state index in [2.05, 4.69) is 16.3 Å². The van der Waals surface area contributed by atoms with E-state index < -0.39 is 0 Å². The lowest BCUT2D eigenvalue weighted by Crippen LogP contribution is -2.27. The van der Waals surface area contributed by atoms with Gasteiger partial charge in [0.2, 0.25) is 5.91 Å². The first-order valence-electron chi connectivity index (χ1n) is 6.81. The minimum absolute atomic E-state index is 0.100. The maximum absolute atomic E-state index is 12.2. The number of aromatic nitrogens is 3. The Labute approximate surface area is 123 Å². The summed E-state index contributed by atoms with van der Waals surface area (Å²) in [5.41, 5.74) is 6.71. The van der Waals surface area contributed by atoms with Crippen molar-refractivity contribution < 1.29 is 4.79 Å². The van der Waals surface area contributed by atoms with Gasteiger partial charge >= 0.3 is 0 Å². The molecular weight excluding hydrogens is 274 g/mol. The Morgan fingerprint density at radius 2 is 2.35 bits per heavy atom. The van der Waals surface area contributed by atoms with Crippen molar-refractivity contribution in [1.82, 2.24) is 19.7 Å². The average molecular weight is 295 g/mol. The van der Waals surface area contributed by atoms with Crippen molar-refractivity contribution >= 4 is 17.7 Å². The maximum atomic E-state index is 12.2. The molecule has 7 heteroatoms. The second-order valence-electron chi connectivity index (χ2n) is 4.80. The summed E-state index contributed by atoms with van der Waals surface area (Å²) in [6, 6.07) is 0. The Morgan fingerprint density at radius 1 is 1.55 bits per heavy atom. The highest BCUT2D eigenvalue weighted by Crippen LogP contribution is 2.22. The van der Waals surface area contributed by atoms with Gasteiger partial charge in [0.25, 0.3) is 0 Å². The quantitative estimate of drug-likeness (QED) is 0.797. The molecule has 20 heavy (non-hydrogen) atoms. The number of carbonyl (C=O) groups is 1. The number of nitrogens with zero attached hydrogens (tertiary/aromatic N) is 4. The molecule has 0 saturated carbocycles. The number of nitrogens with two attached hydrogens (primary N) is 1. The highest BCUT2D eigenvalue weighted by molar-refractivity contribution is 7.99. The molecule has 1 aromatic rings. The zero-order chi connectivity index (χ0) is 14.5. The fourth-order valence-corrected chi connectivity index (χ4v) is 3.12. The first kappa shape index (κ1) is 15.1. The molecule has 0 unspecified atom stereocenters. The van der Waals surface area contributed by atoms with Gasteiger partial charge in [0.1, 0.15) is 5.82 Å². The van der Waals surface area contributed by atoms with E-state index in [1.165, 1.54) is 11.8 Å². The van der Waals surface area contributed by atoms with Gasteiger partial charge in [-0.15, -0.1) is 10.2 Å². The Kier molecular flexibility index (Phi) is 5.19.